The molecule has 112 valence electrons. The Hall–Kier alpha value is -1.08. The number of halogens is 2. The molecular weight excluding hydrogens is 376 g/mol. The van der Waals surface area contributed by atoms with Crippen LogP contribution in [-0.4, -0.2) is 8.42 Å². The molecule has 4 nitrogen and oxygen atoms in total. The number of sulfonamides is 1. The second kappa shape index (κ2) is 6.36. The van der Waals surface area contributed by atoms with Gasteiger partial charge in [0.2, 0.25) is 10.0 Å². The van der Waals surface area contributed by atoms with Gasteiger partial charge in [-0.1, -0.05) is 39.7 Å². The molecule has 0 saturated carbocycles. The van der Waals surface area contributed by atoms with Crippen LogP contribution in [0.3, 0.4) is 0 Å². The van der Waals surface area contributed by atoms with Crippen molar-refractivity contribution in [3.63, 3.8) is 0 Å². The minimum atomic E-state index is -3.68. The number of rotatable bonds is 4. The van der Waals surface area contributed by atoms with Crippen LogP contribution in [-0.2, 0) is 16.6 Å². The summed E-state index contributed by atoms with van der Waals surface area (Å²) in [7, 11) is -3.68. The highest BCUT2D eigenvalue weighted by Crippen LogP contribution is 2.25. The molecule has 7 heteroatoms. The van der Waals surface area contributed by atoms with E-state index < -0.39 is 10.0 Å². The molecule has 3 N–H and O–H groups in total. The summed E-state index contributed by atoms with van der Waals surface area (Å²) < 4.78 is 27.8. The monoisotopic (exact) mass is 388 g/mol. The average Bonchev–Trinajstić information content (AvgIpc) is 2.40. The zero-order chi connectivity index (χ0) is 15.6. The third-order valence-corrected chi connectivity index (χ3v) is 5.50. The van der Waals surface area contributed by atoms with E-state index in [4.69, 9.17) is 17.3 Å². The maximum Gasteiger partial charge on any atom is 0.242 e. The van der Waals surface area contributed by atoms with Crippen LogP contribution in [0.25, 0.3) is 0 Å². The number of benzene rings is 2. The first-order chi connectivity index (χ1) is 9.81. The normalized spacial score (nSPS) is 11.6. The molecule has 0 saturated heterocycles. The number of hydrogen-bond donors (Lipinski definition) is 2. The average molecular weight is 390 g/mol. The van der Waals surface area contributed by atoms with E-state index in [1.807, 2.05) is 13.0 Å². The fraction of sp³-hybridized carbons (Fsp3) is 0.143. The minimum absolute atomic E-state index is 0.0499. The first kappa shape index (κ1) is 16.3. The highest BCUT2D eigenvalue weighted by atomic mass is 79.9. The van der Waals surface area contributed by atoms with Gasteiger partial charge in [0.25, 0.3) is 0 Å². The Labute approximate surface area is 137 Å². The number of nitrogen functional groups attached to an aromatic ring is 1. The Balaban J connectivity index is 2.24. The molecule has 0 spiro atoms. The SMILES string of the molecule is Cc1c(N)cccc1CNS(=O)(=O)c1ccc(Br)cc1Cl. The summed E-state index contributed by atoms with van der Waals surface area (Å²) in [6, 6.07) is 10.0. The zero-order valence-corrected chi connectivity index (χ0v) is 14.4. The Morgan fingerprint density at radius 2 is 2.00 bits per heavy atom. The van der Waals surface area contributed by atoms with Gasteiger partial charge in [0, 0.05) is 16.7 Å². The van der Waals surface area contributed by atoms with Crippen LogP contribution in [0.15, 0.2) is 45.8 Å². The van der Waals surface area contributed by atoms with Crippen LogP contribution in [0.4, 0.5) is 5.69 Å². The molecule has 21 heavy (non-hydrogen) atoms. The number of nitrogens with one attached hydrogen (secondary N) is 1. The number of nitrogens with two attached hydrogens (primary N) is 1. The lowest BCUT2D eigenvalue weighted by molar-refractivity contribution is 0.581. The second-order valence-corrected chi connectivity index (χ2v) is 7.59. The Kier molecular flexibility index (Phi) is 4.93. The molecular formula is C14H14BrClN2O2S. The standard InChI is InChI=1S/C14H14BrClN2O2S/c1-9-10(3-2-4-13(9)17)8-18-21(19,20)14-6-5-11(15)7-12(14)16/h2-7,18H,8,17H2,1H3. The molecule has 0 aliphatic rings. The Morgan fingerprint density at radius 1 is 1.29 bits per heavy atom. The molecule has 2 aromatic rings. The second-order valence-electron chi connectivity index (χ2n) is 4.53. The van der Waals surface area contributed by atoms with E-state index in [1.165, 1.54) is 6.07 Å². The van der Waals surface area contributed by atoms with Crippen LogP contribution in [0.2, 0.25) is 5.02 Å². The maximum atomic E-state index is 12.3. The largest absolute Gasteiger partial charge is 0.399 e. The summed E-state index contributed by atoms with van der Waals surface area (Å²) in [6.45, 7) is 2.01. The fourth-order valence-electron chi connectivity index (χ4n) is 1.84. The summed E-state index contributed by atoms with van der Waals surface area (Å²) in [5, 5.41) is 0.168. The van der Waals surface area contributed by atoms with Crippen LogP contribution < -0.4 is 10.5 Å². The predicted octanol–water partition coefficient (Wildman–Crippen LogP) is 3.47. The molecule has 0 fully saturated rings. The van der Waals surface area contributed by atoms with Gasteiger partial charge < -0.3 is 5.73 Å². The van der Waals surface area contributed by atoms with E-state index in [0.717, 1.165) is 15.6 Å². The van der Waals surface area contributed by atoms with Crippen molar-refractivity contribution >= 4 is 43.2 Å². The van der Waals surface area contributed by atoms with Crippen molar-refractivity contribution in [3.8, 4) is 0 Å². The van der Waals surface area contributed by atoms with Crippen LogP contribution in [0, 0.1) is 6.92 Å². The molecule has 0 aliphatic carbocycles. The predicted molar refractivity (Wildman–Crippen MR) is 88.8 cm³/mol. The van der Waals surface area contributed by atoms with E-state index in [-0.39, 0.29) is 16.5 Å². The first-order valence-electron chi connectivity index (χ1n) is 6.10. The molecule has 0 atom stereocenters. The van der Waals surface area contributed by atoms with Crippen LogP contribution in [0.5, 0.6) is 0 Å². The van der Waals surface area contributed by atoms with E-state index in [9.17, 15) is 8.42 Å². The van der Waals surface area contributed by atoms with Gasteiger partial charge in [-0.3, -0.25) is 0 Å². The van der Waals surface area contributed by atoms with Crippen molar-refractivity contribution in [2.75, 3.05) is 5.73 Å². The van der Waals surface area contributed by atoms with E-state index in [0.29, 0.717) is 5.69 Å². The quantitative estimate of drug-likeness (QED) is 0.786. The van der Waals surface area contributed by atoms with Gasteiger partial charge in [0.15, 0.2) is 0 Å². The van der Waals surface area contributed by atoms with E-state index in [2.05, 4.69) is 20.7 Å². The van der Waals surface area contributed by atoms with Gasteiger partial charge >= 0.3 is 0 Å². The van der Waals surface area contributed by atoms with E-state index >= 15 is 0 Å². The molecule has 2 aromatic carbocycles. The molecule has 0 heterocycles. The van der Waals surface area contributed by atoms with E-state index in [1.54, 1.807) is 24.3 Å². The van der Waals surface area contributed by atoms with Crippen molar-refractivity contribution in [2.45, 2.75) is 18.4 Å². The van der Waals surface area contributed by atoms with Crippen molar-refractivity contribution < 1.29 is 8.42 Å². The van der Waals surface area contributed by atoms with Crippen LogP contribution >= 0.6 is 27.5 Å². The molecule has 0 aromatic heterocycles. The van der Waals surface area contributed by atoms with Gasteiger partial charge in [-0.15, -0.1) is 0 Å². The highest BCUT2D eigenvalue weighted by Gasteiger charge is 2.18. The smallest absolute Gasteiger partial charge is 0.242 e. The van der Waals surface area contributed by atoms with Gasteiger partial charge in [-0.05, 0) is 42.3 Å². The zero-order valence-electron chi connectivity index (χ0n) is 11.2. The summed E-state index contributed by atoms with van der Waals surface area (Å²) in [5.41, 5.74) is 8.13. The van der Waals surface area contributed by atoms with Crippen molar-refractivity contribution in [2.24, 2.45) is 0 Å². The molecule has 0 amide bonds. The lowest BCUT2D eigenvalue weighted by atomic mass is 10.1. The van der Waals surface area contributed by atoms with Gasteiger partial charge in [0.05, 0.1) is 5.02 Å². The number of anilines is 1. The van der Waals surface area contributed by atoms with Crippen LogP contribution in [0.1, 0.15) is 11.1 Å². The third-order valence-electron chi connectivity index (χ3n) is 3.12. The van der Waals surface area contributed by atoms with Gasteiger partial charge in [0.1, 0.15) is 4.90 Å². The Bertz CT molecular complexity index is 779. The van der Waals surface area contributed by atoms with Gasteiger partial charge in [-0.25, -0.2) is 13.1 Å². The molecule has 0 bridgehead atoms. The molecule has 0 unspecified atom stereocenters. The fourth-order valence-corrected chi connectivity index (χ4v) is 3.88. The summed E-state index contributed by atoms with van der Waals surface area (Å²) >= 11 is 9.23. The van der Waals surface area contributed by atoms with Crippen molar-refractivity contribution in [1.82, 2.24) is 4.72 Å². The van der Waals surface area contributed by atoms with Crippen molar-refractivity contribution in [1.29, 1.82) is 0 Å². The lowest BCUT2D eigenvalue weighted by Crippen LogP contribution is -2.24. The topological polar surface area (TPSA) is 72.2 Å². The summed E-state index contributed by atoms with van der Waals surface area (Å²) in [6.07, 6.45) is 0. The van der Waals surface area contributed by atoms with Crippen molar-refractivity contribution in [3.05, 3.63) is 57.0 Å². The summed E-state index contributed by atoms with van der Waals surface area (Å²) in [5.74, 6) is 0. The lowest BCUT2D eigenvalue weighted by Gasteiger charge is -2.11. The highest BCUT2D eigenvalue weighted by molar-refractivity contribution is 9.10. The maximum absolute atomic E-state index is 12.3. The number of hydrogen-bond acceptors (Lipinski definition) is 3. The third kappa shape index (κ3) is 3.77. The molecule has 2 rings (SSSR count). The minimum Gasteiger partial charge on any atom is -0.399 e. The Morgan fingerprint density at radius 3 is 2.67 bits per heavy atom. The first-order valence-corrected chi connectivity index (χ1v) is 8.75. The summed E-state index contributed by atoms with van der Waals surface area (Å²) in [4.78, 5) is 0.0499. The van der Waals surface area contributed by atoms with Gasteiger partial charge in [-0.2, -0.15) is 0 Å². The molecule has 0 radical (unpaired) electrons. The molecule has 0 aliphatic heterocycles.